The zero-order chi connectivity index (χ0) is 13.7. The molecule has 0 radical (unpaired) electrons. The van der Waals surface area contributed by atoms with Crippen LogP contribution in [0.2, 0.25) is 0 Å². The van der Waals surface area contributed by atoms with E-state index in [1.807, 2.05) is 0 Å². The van der Waals surface area contributed by atoms with Crippen molar-refractivity contribution >= 4 is 5.78 Å². The molecule has 1 saturated carbocycles. The normalized spacial score (nSPS) is 30.4. The molecule has 1 rings (SSSR count). The fourth-order valence-electron chi connectivity index (χ4n) is 3.35. The minimum Gasteiger partial charge on any atom is -0.299 e. The maximum atomic E-state index is 12.5. The summed E-state index contributed by atoms with van der Waals surface area (Å²) >= 11 is 0. The van der Waals surface area contributed by atoms with E-state index >= 15 is 0 Å². The lowest BCUT2D eigenvalue weighted by Gasteiger charge is -2.36. The molecule has 1 aliphatic carbocycles. The Bertz CT molecular complexity index is 256. The second-order valence-electron chi connectivity index (χ2n) is 6.95. The van der Waals surface area contributed by atoms with Crippen LogP contribution in [0, 0.1) is 29.6 Å². The molecule has 1 nitrogen and oxygen atoms in total. The van der Waals surface area contributed by atoms with E-state index in [0.29, 0.717) is 29.5 Å². The summed E-state index contributed by atoms with van der Waals surface area (Å²) in [5, 5.41) is 0. The molecule has 106 valence electrons. The topological polar surface area (TPSA) is 17.1 Å². The summed E-state index contributed by atoms with van der Waals surface area (Å²) in [6.45, 7) is 11.4. The second kappa shape index (κ2) is 7.31. The van der Waals surface area contributed by atoms with Crippen molar-refractivity contribution in [3.63, 3.8) is 0 Å². The van der Waals surface area contributed by atoms with E-state index in [1.54, 1.807) is 0 Å². The quantitative estimate of drug-likeness (QED) is 0.643. The zero-order valence-corrected chi connectivity index (χ0v) is 13.0. The number of hydrogen-bond acceptors (Lipinski definition) is 1. The van der Waals surface area contributed by atoms with Gasteiger partial charge >= 0.3 is 0 Å². The van der Waals surface area contributed by atoms with Gasteiger partial charge in [-0.2, -0.15) is 0 Å². The summed E-state index contributed by atoms with van der Waals surface area (Å²) in [6.07, 6.45) is 6.82. The standard InChI is InChI=1S/C17H32O/c1-6-13(4)8-10-17(18)16-11-14(5)7-9-15(16)12(2)3/h12-16H,6-11H2,1-5H3. The van der Waals surface area contributed by atoms with Crippen LogP contribution in [0.4, 0.5) is 0 Å². The minimum absolute atomic E-state index is 0.359. The van der Waals surface area contributed by atoms with Gasteiger partial charge in [0.2, 0.25) is 0 Å². The Morgan fingerprint density at radius 1 is 1.22 bits per heavy atom. The van der Waals surface area contributed by atoms with Crippen molar-refractivity contribution in [3.8, 4) is 0 Å². The predicted molar refractivity (Wildman–Crippen MR) is 78.5 cm³/mol. The first-order chi connectivity index (χ1) is 8.45. The van der Waals surface area contributed by atoms with Gasteiger partial charge < -0.3 is 0 Å². The van der Waals surface area contributed by atoms with Crippen LogP contribution in [0.3, 0.4) is 0 Å². The number of rotatable bonds is 6. The predicted octanol–water partition coefficient (Wildman–Crippen LogP) is 5.09. The smallest absolute Gasteiger partial charge is 0.136 e. The van der Waals surface area contributed by atoms with Crippen LogP contribution in [0.5, 0.6) is 0 Å². The SMILES string of the molecule is CCC(C)CCC(=O)C1CC(C)CCC1C(C)C. The molecule has 0 N–H and O–H groups in total. The van der Waals surface area contributed by atoms with E-state index in [1.165, 1.54) is 19.3 Å². The van der Waals surface area contributed by atoms with E-state index in [4.69, 9.17) is 0 Å². The monoisotopic (exact) mass is 252 g/mol. The van der Waals surface area contributed by atoms with E-state index in [2.05, 4.69) is 34.6 Å². The first kappa shape index (κ1) is 15.7. The first-order valence-electron chi connectivity index (χ1n) is 7.98. The number of carbonyl (C=O) groups is 1. The highest BCUT2D eigenvalue weighted by Crippen LogP contribution is 2.39. The molecular formula is C17H32O. The molecule has 0 amide bonds. The summed E-state index contributed by atoms with van der Waals surface area (Å²) < 4.78 is 0. The lowest BCUT2D eigenvalue weighted by molar-refractivity contribution is -0.127. The van der Waals surface area contributed by atoms with Gasteiger partial charge in [-0.1, -0.05) is 47.5 Å². The molecule has 0 aromatic heterocycles. The minimum atomic E-state index is 0.359. The molecule has 0 saturated heterocycles. The average Bonchev–Trinajstić information content (AvgIpc) is 2.34. The van der Waals surface area contributed by atoms with Gasteiger partial charge in [0, 0.05) is 12.3 Å². The molecule has 0 aromatic rings. The average molecular weight is 252 g/mol. The highest BCUT2D eigenvalue weighted by Gasteiger charge is 2.34. The Balaban J connectivity index is 2.55. The summed E-state index contributed by atoms with van der Waals surface area (Å²) in [6, 6.07) is 0. The Labute approximate surface area is 114 Å². The molecule has 4 atom stereocenters. The van der Waals surface area contributed by atoms with Crippen LogP contribution in [-0.2, 0) is 4.79 Å². The van der Waals surface area contributed by atoms with Crippen molar-refractivity contribution in [2.45, 2.75) is 73.1 Å². The van der Waals surface area contributed by atoms with Crippen molar-refractivity contribution in [1.29, 1.82) is 0 Å². The van der Waals surface area contributed by atoms with Crippen molar-refractivity contribution in [2.24, 2.45) is 29.6 Å². The highest BCUT2D eigenvalue weighted by molar-refractivity contribution is 5.81. The van der Waals surface area contributed by atoms with Gasteiger partial charge in [-0.25, -0.2) is 0 Å². The number of carbonyl (C=O) groups excluding carboxylic acids is 1. The van der Waals surface area contributed by atoms with E-state index in [0.717, 1.165) is 25.2 Å². The van der Waals surface area contributed by atoms with Gasteiger partial charge in [0.05, 0.1) is 0 Å². The van der Waals surface area contributed by atoms with Crippen LogP contribution >= 0.6 is 0 Å². The maximum absolute atomic E-state index is 12.5. The Hall–Kier alpha value is -0.330. The molecule has 18 heavy (non-hydrogen) atoms. The number of hydrogen-bond donors (Lipinski definition) is 0. The van der Waals surface area contributed by atoms with Crippen LogP contribution in [0.15, 0.2) is 0 Å². The van der Waals surface area contributed by atoms with Crippen LogP contribution in [0.1, 0.15) is 73.1 Å². The van der Waals surface area contributed by atoms with E-state index in [-0.39, 0.29) is 0 Å². The summed E-state index contributed by atoms with van der Waals surface area (Å²) in [4.78, 5) is 12.5. The zero-order valence-electron chi connectivity index (χ0n) is 13.0. The molecule has 4 unspecified atom stereocenters. The molecule has 0 aromatic carbocycles. The summed E-state index contributed by atoms with van der Waals surface area (Å²) in [5.74, 6) is 3.67. The van der Waals surface area contributed by atoms with Gasteiger partial charge in [-0.15, -0.1) is 0 Å². The first-order valence-corrected chi connectivity index (χ1v) is 7.98. The van der Waals surface area contributed by atoms with Crippen molar-refractivity contribution in [1.82, 2.24) is 0 Å². The molecule has 1 aliphatic rings. The molecule has 0 spiro atoms. The second-order valence-corrected chi connectivity index (χ2v) is 6.95. The molecule has 0 aliphatic heterocycles. The van der Waals surface area contributed by atoms with Crippen molar-refractivity contribution in [2.75, 3.05) is 0 Å². The van der Waals surface area contributed by atoms with Crippen LogP contribution in [-0.4, -0.2) is 5.78 Å². The van der Waals surface area contributed by atoms with E-state index < -0.39 is 0 Å². The largest absolute Gasteiger partial charge is 0.299 e. The fraction of sp³-hybridized carbons (Fsp3) is 0.941. The lowest BCUT2D eigenvalue weighted by atomic mass is 9.68. The summed E-state index contributed by atoms with van der Waals surface area (Å²) in [5.41, 5.74) is 0. The Kier molecular flexibility index (Phi) is 6.38. The number of ketones is 1. The summed E-state index contributed by atoms with van der Waals surface area (Å²) in [7, 11) is 0. The molecular weight excluding hydrogens is 220 g/mol. The van der Waals surface area contributed by atoms with Crippen molar-refractivity contribution < 1.29 is 4.79 Å². The number of Topliss-reactive ketones (excluding diaryl/α,β-unsaturated/α-hetero) is 1. The lowest BCUT2D eigenvalue weighted by Crippen LogP contribution is -2.33. The molecule has 1 heteroatoms. The molecule has 1 fully saturated rings. The molecule has 0 bridgehead atoms. The van der Waals surface area contributed by atoms with Crippen LogP contribution in [0.25, 0.3) is 0 Å². The van der Waals surface area contributed by atoms with Crippen LogP contribution < -0.4 is 0 Å². The highest BCUT2D eigenvalue weighted by atomic mass is 16.1. The van der Waals surface area contributed by atoms with Gasteiger partial charge in [0.1, 0.15) is 5.78 Å². The van der Waals surface area contributed by atoms with Gasteiger partial charge in [-0.05, 0) is 42.9 Å². The fourth-order valence-corrected chi connectivity index (χ4v) is 3.35. The third-order valence-corrected chi connectivity index (χ3v) is 5.02. The third kappa shape index (κ3) is 4.40. The molecule has 0 heterocycles. The maximum Gasteiger partial charge on any atom is 0.136 e. The Morgan fingerprint density at radius 2 is 1.89 bits per heavy atom. The van der Waals surface area contributed by atoms with E-state index in [9.17, 15) is 4.79 Å². The van der Waals surface area contributed by atoms with Gasteiger partial charge in [-0.3, -0.25) is 4.79 Å². The van der Waals surface area contributed by atoms with Crippen molar-refractivity contribution in [3.05, 3.63) is 0 Å². The third-order valence-electron chi connectivity index (χ3n) is 5.02. The van der Waals surface area contributed by atoms with Gasteiger partial charge in [0.25, 0.3) is 0 Å². The van der Waals surface area contributed by atoms with Gasteiger partial charge in [0.15, 0.2) is 0 Å². The Morgan fingerprint density at radius 3 is 2.44 bits per heavy atom.